The highest BCUT2D eigenvalue weighted by Crippen LogP contribution is 2.37. The number of amides is 1. The third-order valence-corrected chi connectivity index (χ3v) is 6.46. The second-order valence-corrected chi connectivity index (χ2v) is 9.64. The molecule has 1 atom stereocenters. The fraction of sp³-hybridized carbons (Fsp3) is 0.286. The summed E-state index contributed by atoms with van der Waals surface area (Å²) in [5.74, 6) is -2.09. The van der Waals surface area contributed by atoms with Gasteiger partial charge in [-0.15, -0.1) is 0 Å². The number of nitrogens with one attached hydrogen (secondary N) is 2. The number of carbonyl (C=O) groups excluding carboxylic acids is 1. The molecule has 0 saturated heterocycles. The molecule has 0 spiro atoms. The Balaban J connectivity index is 1.26. The van der Waals surface area contributed by atoms with E-state index < -0.39 is 17.9 Å². The van der Waals surface area contributed by atoms with Gasteiger partial charge in [-0.3, -0.25) is 4.79 Å². The minimum atomic E-state index is -2.72. The number of nitriles is 1. The Kier molecular flexibility index (Phi) is 7.73. The monoisotopic (exact) mass is 560 g/mol. The predicted octanol–water partition coefficient (Wildman–Crippen LogP) is 4.35. The van der Waals surface area contributed by atoms with Crippen LogP contribution in [0.25, 0.3) is 11.1 Å². The molecule has 2 heterocycles. The Morgan fingerprint density at radius 3 is 2.61 bits per heavy atom. The van der Waals surface area contributed by atoms with Crippen molar-refractivity contribution >= 4 is 17.5 Å². The molecule has 2 aromatic heterocycles. The van der Waals surface area contributed by atoms with Gasteiger partial charge in [0.05, 0.1) is 24.9 Å². The fourth-order valence-corrected chi connectivity index (χ4v) is 4.37. The highest BCUT2D eigenvalue weighted by molar-refractivity contribution is 5.95. The summed E-state index contributed by atoms with van der Waals surface area (Å²) >= 11 is 0. The van der Waals surface area contributed by atoms with E-state index in [1.54, 1.807) is 53.7 Å². The molecular formula is C28H26F2N8O3. The van der Waals surface area contributed by atoms with E-state index in [0.717, 1.165) is 5.56 Å². The van der Waals surface area contributed by atoms with Gasteiger partial charge in [0.1, 0.15) is 36.3 Å². The van der Waals surface area contributed by atoms with Crippen molar-refractivity contribution in [2.75, 3.05) is 12.4 Å². The Morgan fingerprint density at radius 1 is 1.17 bits per heavy atom. The topological polar surface area (TPSA) is 140 Å². The Hall–Kier alpha value is -5.12. The first-order valence-electron chi connectivity index (χ1n) is 12.7. The molecule has 5 rings (SSSR count). The summed E-state index contributed by atoms with van der Waals surface area (Å²) in [5, 5.41) is 19.3. The lowest BCUT2D eigenvalue weighted by atomic mass is 9.88. The van der Waals surface area contributed by atoms with E-state index in [9.17, 15) is 18.8 Å². The molecule has 1 aliphatic rings. The number of hydrogen-bond donors (Lipinski definition) is 2. The standard InChI is InChI=1S/C28H26F2N8O3/c1-17(14-38-16-32-15-35-38)41-24-7-18(3-4-20(24)11-31)21-12-33-27(34-13-21)37-23-6-5-19(8-25(23)40-2)26(39)36-22-9-28(29,30)10-22/h3-8,12-13,15-17,22H,9-10,14H2,1-2H3,(H,36,39)(H,33,34,37)/t17-/m0/s1. The summed E-state index contributed by atoms with van der Waals surface area (Å²) in [7, 11) is 1.45. The third-order valence-electron chi connectivity index (χ3n) is 6.46. The first-order chi connectivity index (χ1) is 19.7. The minimum Gasteiger partial charge on any atom is -0.495 e. The smallest absolute Gasteiger partial charge is 0.252 e. The maximum atomic E-state index is 13.1. The van der Waals surface area contributed by atoms with Crippen molar-refractivity contribution in [3.63, 3.8) is 0 Å². The van der Waals surface area contributed by atoms with Crippen molar-refractivity contribution in [3.05, 3.63) is 72.6 Å². The van der Waals surface area contributed by atoms with Crippen molar-refractivity contribution in [3.8, 4) is 28.7 Å². The first kappa shape index (κ1) is 27.4. The number of aromatic nitrogens is 5. The molecule has 0 bridgehead atoms. The van der Waals surface area contributed by atoms with E-state index >= 15 is 0 Å². The number of anilines is 2. The Morgan fingerprint density at radius 2 is 1.95 bits per heavy atom. The van der Waals surface area contributed by atoms with Gasteiger partial charge in [-0.25, -0.2) is 28.4 Å². The molecule has 210 valence electrons. The molecule has 1 fully saturated rings. The van der Waals surface area contributed by atoms with Gasteiger partial charge in [-0.1, -0.05) is 6.07 Å². The van der Waals surface area contributed by atoms with Crippen molar-refractivity contribution in [2.45, 2.75) is 44.4 Å². The van der Waals surface area contributed by atoms with Gasteiger partial charge < -0.3 is 20.1 Å². The van der Waals surface area contributed by atoms with Crippen molar-refractivity contribution in [1.82, 2.24) is 30.0 Å². The van der Waals surface area contributed by atoms with Crippen LogP contribution in [0.4, 0.5) is 20.4 Å². The van der Waals surface area contributed by atoms with Crippen molar-refractivity contribution < 1.29 is 23.0 Å². The van der Waals surface area contributed by atoms with E-state index in [0.29, 0.717) is 34.9 Å². The van der Waals surface area contributed by atoms with Crippen LogP contribution < -0.4 is 20.1 Å². The first-order valence-corrected chi connectivity index (χ1v) is 12.7. The molecular weight excluding hydrogens is 534 g/mol. The van der Waals surface area contributed by atoms with Crippen molar-refractivity contribution in [1.29, 1.82) is 5.26 Å². The average molecular weight is 561 g/mol. The number of rotatable bonds is 10. The maximum Gasteiger partial charge on any atom is 0.252 e. The number of carbonyl (C=O) groups is 1. The summed E-state index contributed by atoms with van der Waals surface area (Å²) < 4.78 is 39.2. The Labute approximate surface area is 234 Å². The van der Waals surface area contributed by atoms with Gasteiger partial charge in [-0.05, 0) is 42.8 Å². The number of hydrogen-bond acceptors (Lipinski definition) is 9. The van der Waals surface area contributed by atoms with Gasteiger partial charge in [0.25, 0.3) is 11.8 Å². The Bertz CT molecular complexity index is 1560. The summed E-state index contributed by atoms with van der Waals surface area (Å²) in [6.45, 7) is 2.34. The second-order valence-electron chi connectivity index (χ2n) is 9.64. The zero-order chi connectivity index (χ0) is 29.0. The van der Waals surface area contributed by atoms with Crippen molar-refractivity contribution in [2.24, 2.45) is 0 Å². The number of alkyl halides is 2. The second kappa shape index (κ2) is 11.5. The maximum absolute atomic E-state index is 13.1. The molecule has 1 aliphatic carbocycles. The number of methoxy groups -OCH3 is 1. The summed E-state index contributed by atoms with van der Waals surface area (Å²) in [5.41, 5.74) is 2.66. The quantitative estimate of drug-likeness (QED) is 0.290. The van der Waals surface area contributed by atoms with E-state index in [1.807, 2.05) is 6.92 Å². The van der Waals surface area contributed by atoms with Gasteiger partial charge in [0.15, 0.2) is 0 Å². The lowest BCUT2D eigenvalue weighted by Crippen LogP contribution is -2.50. The average Bonchev–Trinajstić information content (AvgIpc) is 3.45. The van der Waals surface area contributed by atoms with Gasteiger partial charge in [0, 0.05) is 42.4 Å². The lowest BCUT2D eigenvalue weighted by molar-refractivity contribution is -0.0901. The minimum absolute atomic E-state index is 0.266. The third kappa shape index (κ3) is 6.55. The SMILES string of the molecule is COc1cc(C(=O)NC2CC(F)(F)C2)ccc1Nc1ncc(-c2ccc(C#N)c(O[C@@H](C)Cn3cncn3)c2)cn1. The van der Waals surface area contributed by atoms with Gasteiger partial charge in [0.2, 0.25) is 5.95 Å². The molecule has 1 amide bonds. The van der Waals surface area contributed by atoms with E-state index in [-0.39, 0.29) is 30.5 Å². The normalized spacial score (nSPS) is 14.8. The zero-order valence-electron chi connectivity index (χ0n) is 22.2. The van der Waals surface area contributed by atoms with Gasteiger partial charge in [-0.2, -0.15) is 10.4 Å². The van der Waals surface area contributed by atoms with Crippen LogP contribution in [0.5, 0.6) is 11.5 Å². The molecule has 0 radical (unpaired) electrons. The van der Waals surface area contributed by atoms with Crippen LogP contribution in [0.15, 0.2) is 61.4 Å². The molecule has 0 aliphatic heterocycles. The molecule has 2 N–H and O–H groups in total. The van der Waals surface area contributed by atoms with Crippen LogP contribution >= 0.6 is 0 Å². The number of halogens is 2. The zero-order valence-corrected chi connectivity index (χ0v) is 22.2. The highest BCUT2D eigenvalue weighted by atomic mass is 19.3. The van der Waals surface area contributed by atoms with Crippen LogP contribution in [0.3, 0.4) is 0 Å². The van der Waals surface area contributed by atoms with Gasteiger partial charge >= 0.3 is 0 Å². The fourth-order valence-electron chi connectivity index (χ4n) is 4.37. The molecule has 0 unspecified atom stereocenters. The molecule has 1 saturated carbocycles. The van der Waals surface area contributed by atoms with Crippen LogP contribution in [-0.4, -0.2) is 55.8 Å². The number of ether oxygens (including phenoxy) is 2. The molecule has 2 aromatic carbocycles. The number of nitrogens with zero attached hydrogens (tertiary/aromatic N) is 6. The lowest BCUT2D eigenvalue weighted by Gasteiger charge is -2.35. The predicted molar refractivity (Wildman–Crippen MR) is 144 cm³/mol. The summed E-state index contributed by atoms with van der Waals surface area (Å²) in [6.07, 6.45) is 5.31. The van der Waals surface area contributed by atoms with Crippen LogP contribution in [-0.2, 0) is 6.54 Å². The van der Waals surface area contributed by atoms with E-state index in [1.165, 1.54) is 19.5 Å². The number of benzene rings is 2. The van der Waals surface area contributed by atoms with Crippen LogP contribution in [0.1, 0.15) is 35.7 Å². The highest BCUT2D eigenvalue weighted by Gasteiger charge is 2.46. The van der Waals surface area contributed by atoms with E-state index in [4.69, 9.17) is 9.47 Å². The molecule has 4 aromatic rings. The summed E-state index contributed by atoms with van der Waals surface area (Å²) in [4.78, 5) is 25.2. The molecule has 13 heteroatoms. The van der Waals surface area contributed by atoms with E-state index in [2.05, 4.69) is 36.8 Å². The molecule has 41 heavy (non-hydrogen) atoms. The van der Waals surface area contributed by atoms with Crippen LogP contribution in [0, 0.1) is 11.3 Å². The molecule has 11 nitrogen and oxygen atoms in total. The summed E-state index contributed by atoms with van der Waals surface area (Å²) in [6, 6.07) is 11.5. The van der Waals surface area contributed by atoms with Crippen LogP contribution in [0.2, 0.25) is 0 Å². The largest absolute Gasteiger partial charge is 0.495 e.